The average Bonchev–Trinajstić information content (AvgIpc) is 3.46. The van der Waals surface area contributed by atoms with Crippen LogP contribution in [0.4, 0.5) is 11.4 Å². The lowest BCUT2D eigenvalue weighted by Crippen LogP contribution is -2.62. The number of carboxylic acid groups (broad SMARTS) is 1. The number of rotatable bonds is 15. The van der Waals surface area contributed by atoms with Crippen LogP contribution >= 0.6 is 0 Å². The topological polar surface area (TPSA) is 245 Å². The van der Waals surface area contributed by atoms with Crippen LogP contribution < -0.4 is 21.3 Å². The quantitative estimate of drug-likeness (QED) is 0.116. The van der Waals surface area contributed by atoms with Crippen LogP contribution in [0.5, 0.6) is 0 Å². The third-order valence-electron chi connectivity index (χ3n) is 9.96. The number of fused-ring (bicyclic) bond motifs is 4. The van der Waals surface area contributed by atoms with Crippen molar-refractivity contribution in [2.24, 2.45) is 10.9 Å². The van der Waals surface area contributed by atoms with Crippen molar-refractivity contribution in [3.8, 4) is 0 Å². The first-order valence-corrected chi connectivity index (χ1v) is 18.4. The Morgan fingerprint density at radius 3 is 2.40 bits per heavy atom. The van der Waals surface area contributed by atoms with Crippen molar-refractivity contribution in [3.05, 3.63) is 95.1 Å². The van der Waals surface area contributed by atoms with Gasteiger partial charge in [0.25, 0.3) is 5.91 Å². The molecular formula is C40H44N6O11. The number of carbonyl (C=O) groups is 6. The van der Waals surface area contributed by atoms with Gasteiger partial charge in [-0.05, 0) is 48.7 Å². The number of benzene rings is 3. The molecule has 6 rings (SSSR count). The number of aliphatic hydroxyl groups is 2. The predicted octanol–water partition coefficient (Wildman–Crippen LogP) is 1.33. The molecule has 3 aliphatic rings. The molecule has 0 unspecified atom stereocenters. The number of aliphatic carboxylic acids is 1. The van der Waals surface area contributed by atoms with Gasteiger partial charge in [0.2, 0.25) is 23.6 Å². The van der Waals surface area contributed by atoms with Crippen molar-refractivity contribution in [2.75, 3.05) is 11.9 Å². The van der Waals surface area contributed by atoms with E-state index in [1.165, 1.54) is 13.8 Å². The van der Waals surface area contributed by atoms with Crippen molar-refractivity contribution in [3.63, 3.8) is 0 Å². The lowest BCUT2D eigenvalue weighted by molar-refractivity contribution is -0.263. The van der Waals surface area contributed by atoms with E-state index in [4.69, 9.17) is 9.47 Å². The Balaban J connectivity index is 1.09. The average molecular weight is 785 g/mol. The maximum atomic E-state index is 13.5. The van der Waals surface area contributed by atoms with Crippen molar-refractivity contribution in [1.29, 1.82) is 0 Å². The summed E-state index contributed by atoms with van der Waals surface area (Å²) in [6, 6.07) is 17.6. The summed E-state index contributed by atoms with van der Waals surface area (Å²) in [5.41, 5.74) is 3.67. The molecule has 0 bridgehead atoms. The molecule has 3 aliphatic heterocycles. The normalized spacial score (nSPS) is 21.8. The van der Waals surface area contributed by atoms with Gasteiger partial charge in [0, 0.05) is 36.9 Å². The van der Waals surface area contributed by atoms with Gasteiger partial charge in [0.15, 0.2) is 6.29 Å². The maximum Gasteiger partial charge on any atom is 0.303 e. The molecule has 7 atom stereocenters. The number of aliphatic imine (C=N–C) groups is 1. The lowest BCUT2D eigenvalue weighted by atomic mass is 9.84. The highest BCUT2D eigenvalue weighted by molar-refractivity contribution is 6.24. The number of amidine groups is 1. The van der Waals surface area contributed by atoms with E-state index in [0.29, 0.717) is 28.3 Å². The second kappa shape index (κ2) is 17.8. The van der Waals surface area contributed by atoms with Gasteiger partial charge >= 0.3 is 5.97 Å². The van der Waals surface area contributed by atoms with Crippen LogP contribution in [0.1, 0.15) is 60.2 Å². The Labute approximate surface area is 327 Å². The highest BCUT2D eigenvalue weighted by Gasteiger charge is 2.47. The van der Waals surface area contributed by atoms with Gasteiger partial charge in [-0.1, -0.05) is 48.5 Å². The largest absolute Gasteiger partial charge is 0.481 e. The minimum atomic E-state index is -1.41. The maximum absolute atomic E-state index is 13.5. The molecule has 1 fully saturated rings. The van der Waals surface area contributed by atoms with Crippen LogP contribution in [0, 0.1) is 5.92 Å². The highest BCUT2D eigenvalue weighted by atomic mass is 16.7. The van der Waals surface area contributed by atoms with Crippen LogP contribution in [-0.4, -0.2) is 105 Å². The molecule has 0 saturated carbocycles. The molecule has 7 N–H and O–H groups in total. The molecule has 0 aromatic heterocycles. The number of anilines is 1. The fourth-order valence-electron chi connectivity index (χ4n) is 7.08. The molecule has 57 heavy (non-hydrogen) atoms. The van der Waals surface area contributed by atoms with E-state index in [0.717, 1.165) is 11.1 Å². The van der Waals surface area contributed by atoms with Gasteiger partial charge in [-0.25, -0.2) is 4.99 Å². The SMILES string of the molecule is CC(=O)N[C@@H]1[C@@H](OCc2ccccc2)O[C@H](CO)[C@@H](O)[C@@H]1CC(=O)N[C@@H](C)C(=O)N[C@H](CCC(=O)O)C(=O)Nc1ccc2c(c1)CN1C(=O)c3ccccc3C1=N2. The summed E-state index contributed by atoms with van der Waals surface area (Å²) in [7, 11) is 0. The summed E-state index contributed by atoms with van der Waals surface area (Å²) in [4.78, 5) is 83.2. The number of amides is 5. The van der Waals surface area contributed by atoms with Gasteiger partial charge in [0.1, 0.15) is 24.0 Å². The third kappa shape index (κ3) is 9.52. The fraction of sp³-hybridized carbons (Fsp3) is 0.375. The van der Waals surface area contributed by atoms with Gasteiger partial charge < -0.3 is 46.1 Å². The zero-order chi connectivity index (χ0) is 40.8. The number of hydrogen-bond acceptors (Lipinski definition) is 11. The molecule has 0 aliphatic carbocycles. The Kier molecular flexibility index (Phi) is 12.7. The summed E-state index contributed by atoms with van der Waals surface area (Å²) < 4.78 is 11.7. The molecule has 1 saturated heterocycles. The van der Waals surface area contributed by atoms with Crippen LogP contribution in [0.3, 0.4) is 0 Å². The van der Waals surface area contributed by atoms with E-state index in [1.54, 1.807) is 35.2 Å². The van der Waals surface area contributed by atoms with Crippen molar-refractivity contribution < 1.29 is 53.6 Å². The number of hydrogen-bond donors (Lipinski definition) is 7. The molecule has 17 heteroatoms. The second-order valence-corrected chi connectivity index (χ2v) is 14.1. The standard InChI is InChI=1S/C40H44N6O11/c1-21(41-32(49)17-28-34(42-22(2)48)40(57-31(19-47)35(28)52)56-20-23-8-4-3-5-9-23)37(53)45-30(14-15-33(50)51)38(54)43-25-12-13-29-24(16-25)18-46-36(44-29)26-10-6-7-11-27(26)39(46)55/h3-13,16,21,28,30-31,34-35,40,47,52H,14-15,17-20H2,1-2H3,(H,41,49)(H,42,48)(H,43,54)(H,45,53)(H,50,51)/t21-,28+,30+,31+,34-,35-,40-/m0/s1. The van der Waals surface area contributed by atoms with E-state index >= 15 is 0 Å². The smallest absolute Gasteiger partial charge is 0.303 e. The Morgan fingerprint density at radius 2 is 1.70 bits per heavy atom. The molecular weight excluding hydrogens is 740 g/mol. The van der Waals surface area contributed by atoms with E-state index in [1.807, 2.05) is 42.5 Å². The number of nitrogens with zero attached hydrogens (tertiary/aromatic N) is 2. The van der Waals surface area contributed by atoms with Crippen molar-refractivity contribution in [2.45, 2.75) is 82.9 Å². The van der Waals surface area contributed by atoms with E-state index in [2.05, 4.69) is 26.3 Å². The minimum absolute atomic E-state index is 0.0688. The monoisotopic (exact) mass is 784 g/mol. The first-order chi connectivity index (χ1) is 27.3. The first-order valence-electron chi connectivity index (χ1n) is 18.4. The molecule has 0 radical (unpaired) electrons. The van der Waals surface area contributed by atoms with Gasteiger partial charge in [0.05, 0.1) is 43.2 Å². The fourth-order valence-corrected chi connectivity index (χ4v) is 7.08. The zero-order valence-corrected chi connectivity index (χ0v) is 31.2. The molecule has 300 valence electrons. The summed E-state index contributed by atoms with van der Waals surface area (Å²) in [5, 5.41) is 40.9. The third-order valence-corrected chi connectivity index (χ3v) is 9.96. The Hall–Kier alpha value is -6.01. The number of aliphatic hydroxyl groups excluding tert-OH is 2. The van der Waals surface area contributed by atoms with E-state index in [9.17, 15) is 44.1 Å². The number of carboxylic acids is 1. The second-order valence-electron chi connectivity index (χ2n) is 14.1. The molecule has 3 aromatic rings. The molecule has 5 amide bonds. The zero-order valence-electron chi connectivity index (χ0n) is 31.2. The molecule has 17 nitrogen and oxygen atoms in total. The number of nitrogens with one attached hydrogen (secondary N) is 4. The van der Waals surface area contributed by atoms with Crippen molar-refractivity contribution >= 4 is 52.7 Å². The predicted molar refractivity (Wildman–Crippen MR) is 203 cm³/mol. The van der Waals surface area contributed by atoms with E-state index < -0.39 is 91.6 Å². The number of ether oxygens (including phenoxy) is 2. The molecule has 3 heterocycles. The molecule has 3 aromatic carbocycles. The van der Waals surface area contributed by atoms with Crippen LogP contribution in [0.2, 0.25) is 0 Å². The van der Waals surface area contributed by atoms with Gasteiger partial charge in [-0.15, -0.1) is 0 Å². The summed E-state index contributed by atoms with van der Waals surface area (Å²) in [6.45, 7) is 2.29. The van der Waals surface area contributed by atoms with Crippen LogP contribution in [-0.2, 0) is 46.6 Å². The van der Waals surface area contributed by atoms with Crippen molar-refractivity contribution in [1.82, 2.24) is 20.9 Å². The van der Waals surface area contributed by atoms with E-state index in [-0.39, 0.29) is 25.5 Å². The Bertz CT molecular complexity index is 2060. The highest BCUT2D eigenvalue weighted by Crippen LogP contribution is 2.35. The summed E-state index contributed by atoms with van der Waals surface area (Å²) in [5.74, 6) is -4.56. The summed E-state index contributed by atoms with van der Waals surface area (Å²) in [6.07, 6.45) is -4.86. The minimum Gasteiger partial charge on any atom is -0.481 e. The first kappa shape index (κ1) is 40.6. The number of carbonyl (C=O) groups excluding carboxylic acids is 5. The van der Waals surface area contributed by atoms with Crippen LogP contribution in [0.25, 0.3) is 0 Å². The summed E-state index contributed by atoms with van der Waals surface area (Å²) >= 11 is 0. The molecule has 0 spiro atoms. The lowest BCUT2D eigenvalue weighted by Gasteiger charge is -2.44. The van der Waals surface area contributed by atoms with Gasteiger partial charge in [-0.3, -0.25) is 33.7 Å². The Morgan fingerprint density at radius 1 is 0.982 bits per heavy atom. The van der Waals surface area contributed by atoms with Crippen LogP contribution in [0.15, 0.2) is 77.8 Å². The van der Waals surface area contributed by atoms with Gasteiger partial charge in [-0.2, -0.15) is 0 Å².